The molecule has 6 atom stereocenters. The Morgan fingerprint density at radius 3 is 1.95 bits per heavy atom. The summed E-state index contributed by atoms with van der Waals surface area (Å²) < 4.78 is 0. The van der Waals surface area contributed by atoms with Gasteiger partial charge in [-0.2, -0.15) is 0 Å². The van der Waals surface area contributed by atoms with E-state index in [4.69, 9.17) is 22.3 Å². The van der Waals surface area contributed by atoms with Crippen molar-refractivity contribution >= 4 is 35.6 Å². The summed E-state index contributed by atoms with van der Waals surface area (Å²) in [6, 6.07) is 3.75. The van der Waals surface area contributed by atoms with Crippen LogP contribution < -0.4 is 38.5 Å². The third-order valence-corrected chi connectivity index (χ3v) is 6.53. The number of hydrogen-bond acceptors (Lipinski definition) is 7. The second kappa shape index (κ2) is 17.5. The molecule has 0 aromatic heterocycles. The van der Waals surface area contributed by atoms with Crippen LogP contribution in [0.5, 0.6) is 0 Å². The minimum Gasteiger partial charge on any atom is -0.480 e. The number of aliphatic imine (C=N–C) groups is 1. The molecule has 41 heavy (non-hydrogen) atoms. The van der Waals surface area contributed by atoms with Crippen LogP contribution in [0.25, 0.3) is 0 Å². The van der Waals surface area contributed by atoms with E-state index in [0.29, 0.717) is 12.8 Å². The molecule has 0 radical (unpaired) electrons. The summed E-state index contributed by atoms with van der Waals surface area (Å²) in [6.07, 6.45) is 1.22. The van der Waals surface area contributed by atoms with Crippen molar-refractivity contribution in [2.45, 2.75) is 83.6 Å². The SMILES string of the molecule is CC[C@H](C)[C@H](N)C(=O)N[C@@H](Cc1ccccc1)C(=O)N[C@@H](CCCN=C(N)N)C(=O)N[C@@H](C)C(=O)N[C@@H](C)C(=O)O. The van der Waals surface area contributed by atoms with Crippen molar-refractivity contribution in [3.8, 4) is 0 Å². The van der Waals surface area contributed by atoms with Gasteiger partial charge in [-0.3, -0.25) is 29.0 Å². The van der Waals surface area contributed by atoms with Crippen molar-refractivity contribution in [2.24, 2.45) is 28.1 Å². The Morgan fingerprint density at radius 2 is 1.39 bits per heavy atom. The number of guanidine groups is 1. The summed E-state index contributed by atoms with van der Waals surface area (Å²) >= 11 is 0. The highest BCUT2D eigenvalue weighted by atomic mass is 16.4. The van der Waals surface area contributed by atoms with Gasteiger partial charge in [0.15, 0.2) is 5.96 Å². The molecule has 0 saturated heterocycles. The Balaban J connectivity index is 3.13. The first-order valence-electron chi connectivity index (χ1n) is 13.6. The van der Waals surface area contributed by atoms with Gasteiger partial charge < -0.3 is 43.6 Å². The number of rotatable bonds is 17. The lowest BCUT2D eigenvalue weighted by Crippen LogP contribution is -2.58. The second-order valence-corrected chi connectivity index (χ2v) is 9.97. The number of nitrogens with one attached hydrogen (secondary N) is 4. The molecule has 14 nitrogen and oxygen atoms in total. The van der Waals surface area contributed by atoms with Crippen LogP contribution in [-0.4, -0.2) is 77.4 Å². The standard InChI is InChI=1S/C27H44N8O6/c1-5-15(2)21(28)25(39)35-20(14-18-10-7-6-8-11-18)24(38)34-19(12-9-13-31-27(29)30)23(37)32-16(3)22(36)33-17(4)26(40)41/h6-8,10-11,15-17,19-21H,5,9,12-14,28H2,1-4H3,(H,32,37)(H,33,36)(H,34,38)(H,35,39)(H,40,41)(H4,29,30,31)/t15-,16-,17-,19-,20-,21-/m0/s1. The summed E-state index contributed by atoms with van der Waals surface area (Å²) in [5.41, 5.74) is 17.6. The van der Waals surface area contributed by atoms with E-state index in [1.165, 1.54) is 13.8 Å². The maximum atomic E-state index is 13.5. The zero-order valence-corrected chi connectivity index (χ0v) is 24.1. The van der Waals surface area contributed by atoms with E-state index in [-0.39, 0.29) is 31.3 Å². The molecule has 228 valence electrons. The molecule has 1 aromatic carbocycles. The molecule has 14 heteroatoms. The van der Waals surface area contributed by atoms with E-state index in [2.05, 4.69) is 26.3 Å². The Hall–Kier alpha value is -4.20. The molecule has 0 bridgehead atoms. The average molecular weight is 577 g/mol. The van der Waals surface area contributed by atoms with Gasteiger partial charge >= 0.3 is 5.97 Å². The van der Waals surface area contributed by atoms with Gasteiger partial charge in [0.05, 0.1) is 6.04 Å². The maximum Gasteiger partial charge on any atom is 0.325 e. The molecular formula is C27H44N8O6. The lowest BCUT2D eigenvalue weighted by molar-refractivity contribution is -0.141. The fourth-order valence-corrected chi connectivity index (χ4v) is 3.66. The first-order valence-corrected chi connectivity index (χ1v) is 13.6. The molecule has 0 heterocycles. The summed E-state index contributed by atoms with van der Waals surface area (Å²) in [5, 5.41) is 19.2. The van der Waals surface area contributed by atoms with Crippen LogP contribution in [0, 0.1) is 5.92 Å². The quantitative estimate of drug-likeness (QED) is 0.0624. The third-order valence-electron chi connectivity index (χ3n) is 6.53. The van der Waals surface area contributed by atoms with Crippen molar-refractivity contribution in [1.82, 2.24) is 21.3 Å². The molecule has 0 aliphatic rings. The first kappa shape index (κ1) is 34.8. The number of benzene rings is 1. The van der Waals surface area contributed by atoms with Crippen LogP contribution in [0.2, 0.25) is 0 Å². The average Bonchev–Trinajstić information content (AvgIpc) is 2.93. The zero-order chi connectivity index (χ0) is 31.1. The highest BCUT2D eigenvalue weighted by Crippen LogP contribution is 2.09. The third kappa shape index (κ3) is 12.7. The van der Waals surface area contributed by atoms with Crippen LogP contribution in [0.3, 0.4) is 0 Å². The van der Waals surface area contributed by atoms with Gasteiger partial charge in [0.1, 0.15) is 24.2 Å². The Labute approximate surface area is 240 Å². The number of nitrogens with zero attached hydrogens (tertiary/aromatic N) is 1. The van der Waals surface area contributed by atoms with Gasteiger partial charge in [-0.05, 0) is 38.2 Å². The van der Waals surface area contributed by atoms with Gasteiger partial charge in [-0.1, -0.05) is 50.6 Å². The summed E-state index contributed by atoms with van der Waals surface area (Å²) in [4.78, 5) is 66.8. The molecule has 0 aliphatic carbocycles. The number of aliphatic carboxylic acids is 1. The van der Waals surface area contributed by atoms with Crippen LogP contribution in [0.4, 0.5) is 0 Å². The lowest BCUT2D eigenvalue weighted by atomic mass is 9.98. The van der Waals surface area contributed by atoms with E-state index in [0.717, 1.165) is 5.56 Å². The van der Waals surface area contributed by atoms with E-state index in [9.17, 15) is 24.0 Å². The Kier molecular flexibility index (Phi) is 14.8. The molecule has 1 rings (SSSR count). The van der Waals surface area contributed by atoms with Crippen LogP contribution in [0.15, 0.2) is 35.3 Å². The van der Waals surface area contributed by atoms with Gasteiger partial charge in [0.2, 0.25) is 23.6 Å². The summed E-state index contributed by atoms with van der Waals surface area (Å²) in [5.74, 6) is -4.01. The number of carbonyl (C=O) groups excluding carboxylic acids is 4. The monoisotopic (exact) mass is 576 g/mol. The lowest BCUT2D eigenvalue weighted by Gasteiger charge is -2.26. The van der Waals surface area contributed by atoms with Gasteiger partial charge in [-0.15, -0.1) is 0 Å². The molecule has 4 amide bonds. The van der Waals surface area contributed by atoms with Crippen LogP contribution in [-0.2, 0) is 30.4 Å². The van der Waals surface area contributed by atoms with E-state index in [1.54, 1.807) is 24.3 Å². The number of hydrogen-bond donors (Lipinski definition) is 8. The van der Waals surface area contributed by atoms with Gasteiger partial charge in [-0.25, -0.2) is 0 Å². The normalized spacial score (nSPS) is 15.1. The Bertz CT molecular complexity index is 1060. The van der Waals surface area contributed by atoms with Crippen LogP contribution >= 0.6 is 0 Å². The minimum absolute atomic E-state index is 0.104. The topological polar surface area (TPSA) is 244 Å². The number of amides is 4. The zero-order valence-electron chi connectivity index (χ0n) is 24.1. The highest BCUT2D eigenvalue weighted by Gasteiger charge is 2.30. The first-order chi connectivity index (χ1) is 19.3. The van der Waals surface area contributed by atoms with E-state index in [1.807, 2.05) is 19.9 Å². The number of carboxylic acid groups (broad SMARTS) is 1. The molecule has 0 unspecified atom stereocenters. The van der Waals surface area contributed by atoms with Gasteiger partial charge in [0.25, 0.3) is 0 Å². The van der Waals surface area contributed by atoms with Crippen molar-refractivity contribution in [1.29, 1.82) is 0 Å². The maximum absolute atomic E-state index is 13.5. The van der Waals surface area contributed by atoms with Crippen LogP contribution in [0.1, 0.15) is 52.5 Å². The predicted molar refractivity (Wildman–Crippen MR) is 154 cm³/mol. The fraction of sp³-hybridized carbons (Fsp3) is 0.556. The largest absolute Gasteiger partial charge is 0.480 e. The molecule has 0 spiro atoms. The second-order valence-electron chi connectivity index (χ2n) is 9.97. The number of carboxylic acids is 1. The van der Waals surface area contributed by atoms with E-state index < -0.39 is 59.8 Å². The Morgan fingerprint density at radius 1 is 0.829 bits per heavy atom. The molecule has 1 aromatic rings. The number of carbonyl (C=O) groups is 5. The highest BCUT2D eigenvalue weighted by molar-refractivity contribution is 5.95. The number of nitrogens with two attached hydrogens (primary N) is 3. The summed E-state index contributed by atoms with van der Waals surface area (Å²) in [7, 11) is 0. The smallest absolute Gasteiger partial charge is 0.325 e. The van der Waals surface area contributed by atoms with Gasteiger partial charge in [0, 0.05) is 13.0 Å². The van der Waals surface area contributed by atoms with E-state index >= 15 is 0 Å². The van der Waals surface area contributed by atoms with Crippen molar-refractivity contribution in [2.75, 3.05) is 6.54 Å². The van der Waals surface area contributed by atoms with Crippen molar-refractivity contribution in [3.63, 3.8) is 0 Å². The molecule has 0 aliphatic heterocycles. The summed E-state index contributed by atoms with van der Waals surface area (Å²) in [6.45, 7) is 6.59. The minimum atomic E-state index is -1.23. The predicted octanol–water partition coefficient (Wildman–Crippen LogP) is -1.28. The molecular weight excluding hydrogens is 532 g/mol. The molecule has 0 fully saturated rings. The van der Waals surface area contributed by atoms with Crippen molar-refractivity contribution < 1.29 is 29.1 Å². The molecule has 0 saturated carbocycles. The fourth-order valence-electron chi connectivity index (χ4n) is 3.66. The molecule has 11 N–H and O–H groups in total. The van der Waals surface area contributed by atoms with Crippen molar-refractivity contribution in [3.05, 3.63) is 35.9 Å².